The molecule has 0 aliphatic carbocycles. The smallest absolute Gasteiger partial charge is 0.336 e. The number of hydrogen-bond donors (Lipinski definition) is 2. The first-order valence-corrected chi connectivity index (χ1v) is 16.0. The fourth-order valence-electron chi connectivity index (χ4n) is 5.62. The Morgan fingerprint density at radius 2 is 1.64 bits per heavy atom. The Morgan fingerprint density at radius 1 is 1.02 bits per heavy atom. The molecule has 1 atom stereocenters. The molecule has 1 unspecified atom stereocenters. The van der Waals surface area contributed by atoms with Gasteiger partial charge in [-0.3, -0.25) is 9.69 Å². The summed E-state index contributed by atoms with van der Waals surface area (Å²) in [6, 6.07) is 4.96. The minimum absolute atomic E-state index is 0.0217. The van der Waals surface area contributed by atoms with Gasteiger partial charge < -0.3 is 25.4 Å². The van der Waals surface area contributed by atoms with Crippen molar-refractivity contribution in [2.45, 2.75) is 39.0 Å². The van der Waals surface area contributed by atoms with Crippen molar-refractivity contribution < 1.29 is 23.9 Å². The lowest BCUT2D eigenvalue weighted by atomic mass is 9.78. The number of amides is 1. The predicted molar refractivity (Wildman–Crippen MR) is 171 cm³/mol. The first-order valence-electron chi connectivity index (χ1n) is 14.4. The number of rotatable bonds is 11. The van der Waals surface area contributed by atoms with Crippen LogP contribution >= 0.6 is 34.5 Å². The van der Waals surface area contributed by atoms with E-state index in [0.717, 1.165) is 24.6 Å². The Labute approximate surface area is 272 Å². The van der Waals surface area contributed by atoms with Gasteiger partial charge in [-0.05, 0) is 30.5 Å². The van der Waals surface area contributed by atoms with E-state index in [9.17, 15) is 14.4 Å². The Morgan fingerprint density at radius 3 is 2.18 bits per heavy atom. The highest BCUT2D eigenvalue weighted by Gasteiger charge is 2.42. The summed E-state index contributed by atoms with van der Waals surface area (Å²) in [6.45, 7) is 8.19. The van der Waals surface area contributed by atoms with Crippen LogP contribution in [0.15, 0.2) is 52.3 Å². The Hall–Kier alpha value is -2.96. The van der Waals surface area contributed by atoms with Crippen LogP contribution < -0.4 is 11.1 Å². The van der Waals surface area contributed by atoms with E-state index >= 15 is 0 Å². The molecule has 238 valence electrons. The van der Waals surface area contributed by atoms with Gasteiger partial charge in [0.15, 0.2) is 0 Å². The summed E-state index contributed by atoms with van der Waals surface area (Å²) in [5, 5.41) is 6.54. The van der Waals surface area contributed by atoms with E-state index in [1.165, 1.54) is 25.6 Å². The number of carbonyl (C=O) groups excluding carboxylic acids is 3. The number of piperazine rings is 1. The van der Waals surface area contributed by atoms with Gasteiger partial charge in [0.05, 0.1) is 42.7 Å². The molecule has 3 heterocycles. The number of nitrogens with one attached hydrogen (secondary N) is 1. The van der Waals surface area contributed by atoms with Crippen LogP contribution in [0.3, 0.4) is 0 Å². The molecule has 10 nitrogen and oxygen atoms in total. The molecule has 4 rings (SSSR count). The van der Waals surface area contributed by atoms with Crippen LogP contribution in [0.4, 0.5) is 0 Å². The Bertz CT molecular complexity index is 1410. The monoisotopic (exact) mass is 663 g/mol. The second-order valence-corrected chi connectivity index (χ2v) is 13.4. The minimum atomic E-state index is -1.04. The van der Waals surface area contributed by atoms with Crippen LogP contribution in [0.5, 0.6) is 0 Å². The minimum Gasteiger partial charge on any atom is -0.466 e. The Balaban J connectivity index is 1.74. The Kier molecular flexibility index (Phi) is 11.5. The normalized spacial score (nSPS) is 17.9. The molecule has 13 heteroatoms. The summed E-state index contributed by atoms with van der Waals surface area (Å²) in [7, 11) is 2.52. The molecule has 1 amide bonds. The summed E-state index contributed by atoms with van der Waals surface area (Å²) in [4.78, 5) is 49.2. The fraction of sp³-hybridized carbons (Fsp3) is 0.484. The van der Waals surface area contributed by atoms with Gasteiger partial charge in [-0.25, -0.2) is 14.6 Å². The van der Waals surface area contributed by atoms with E-state index in [-0.39, 0.29) is 38.9 Å². The van der Waals surface area contributed by atoms with Gasteiger partial charge in [0.25, 0.3) is 0 Å². The number of aryl methyl sites for hydroxylation is 1. The van der Waals surface area contributed by atoms with Crippen LogP contribution in [-0.4, -0.2) is 86.1 Å². The lowest BCUT2D eigenvalue weighted by molar-refractivity contribution is -0.137. The van der Waals surface area contributed by atoms with Crippen molar-refractivity contribution in [1.82, 2.24) is 20.1 Å². The average Bonchev–Trinajstić information content (AvgIpc) is 3.53. The maximum Gasteiger partial charge on any atom is 0.336 e. The maximum atomic E-state index is 13.8. The van der Waals surface area contributed by atoms with Crippen molar-refractivity contribution in [3.63, 3.8) is 0 Å². The second kappa shape index (κ2) is 14.9. The molecule has 0 radical (unpaired) electrons. The zero-order valence-electron chi connectivity index (χ0n) is 25.5. The molecular weight excluding hydrogens is 625 g/mol. The molecule has 2 aliphatic rings. The van der Waals surface area contributed by atoms with Crippen molar-refractivity contribution in [3.8, 4) is 0 Å². The zero-order chi connectivity index (χ0) is 32.0. The van der Waals surface area contributed by atoms with Gasteiger partial charge in [0.2, 0.25) is 5.91 Å². The lowest BCUT2D eigenvalue weighted by Gasteiger charge is -2.39. The quantitative estimate of drug-likeness (QED) is 0.341. The third kappa shape index (κ3) is 7.81. The number of halogens is 2. The lowest BCUT2D eigenvalue weighted by Crippen LogP contribution is -2.52. The van der Waals surface area contributed by atoms with Crippen LogP contribution in [0.1, 0.15) is 43.2 Å². The van der Waals surface area contributed by atoms with Crippen LogP contribution in [0.2, 0.25) is 10.0 Å². The van der Waals surface area contributed by atoms with Crippen LogP contribution in [0, 0.1) is 5.41 Å². The maximum absolute atomic E-state index is 13.8. The highest BCUT2D eigenvalue weighted by Crippen LogP contribution is 2.46. The summed E-state index contributed by atoms with van der Waals surface area (Å²) in [5.41, 5.74) is 7.34. The standard InChI is InChI=1S/C31H39Cl2N5O5S/c1-31(2,17-34)18-37-11-13-38(14-12-37)24(39)16-22-27(30(41)43-4)28(25-19(32)6-5-7-20(25)33)26(29(40)42-3)21(36-22)8-9-23-35-10-15-44-23/h5-7,10,15,28,36H,8-9,11-14,16-18,34H2,1-4H3. The van der Waals surface area contributed by atoms with E-state index < -0.39 is 17.9 Å². The molecule has 0 spiro atoms. The number of nitrogens with zero attached hydrogens (tertiary/aromatic N) is 3. The first kappa shape index (κ1) is 33.9. The van der Waals surface area contributed by atoms with Gasteiger partial charge in [-0.2, -0.15) is 0 Å². The van der Waals surface area contributed by atoms with Crippen LogP contribution in [-0.2, 0) is 30.3 Å². The number of methoxy groups -OCH3 is 2. The molecule has 2 aromatic rings. The van der Waals surface area contributed by atoms with E-state index in [2.05, 4.69) is 29.0 Å². The third-order valence-corrected chi connectivity index (χ3v) is 9.46. The van der Waals surface area contributed by atoms with Gasteiger partial charge in [-0.1, -0.05) is 43.1 Å². The van der Waals surface area contributed by atoms with Gasteiger partial charge >= 0.3 is 11.9 Å². The van der Waals surface area contributed by atoms with Gasteiger partial charge in [-0.15, -0.1) is 11.3 Å². The SMILES string of the molecule is COC(=O)C1=C(CCc2nccs2)NC(CC(=O)N2CCN(CC(C)(C)CN)CC2)=C(C(=O)OC)C1c1c(Cl)cccc1Cl. The number of allylic oxidation sites excluding steroid dienone is 1. The number of thiazole rings is 1. The number of nitrogens with two attached hydrogens (primary N) is 1. The molecular formula is C31H39Cl2N5O5S. The molecule has 1 aromatic carbocycles. The molecule has 1 saturated heterocycles. The van der Waals surface area contributed by atoms with E-state index in [4.69, 9.17) is 38.4 Å². The number of aromatic nitrogens is 1. The summed E-state index contributed by atoms with van der Waals surface area (Å²) < 4.78 is 10.4. The van der Waals surface area contributed by atoms with Gasteiger partial charge in [0.1, 0.15) is 0 Å². The van der Waals surface area contributed by atoms with Crippen molar-refractivity contribution in [1.29, 1.82) is 0 Å². The number of esters is 2. The number of ether oxygens (including phenoxy) is 2. The molecule has 0 saturated carbocycles. The molecule has 3 N–H and O–H groups in total. The third-order valence-electron chi connectivity index (χ3n) is 7.96. The van der Waals surface area contributed by atoms with Crippen molar-refractivity contribution >= 4 is 52.4 Å². The van der Waals surface area contributed by atoms with E-state index in [0.29, 0.717) is 49.4 Å². The molecule has 1 fully saturated rings. The van der Waals surface area contributed by atoms with Gasteiger partial charge in [0, 0.05) is 77.7 Å². The number of benzene rings is 1. The molecule has 0 bridgehead atoms. The molecule has 44 heavy (non-hydrogen) atoms. The van der Waals surface area contributed by atoms with Crippen LogP contribution in [0.25, 0.3) is 0 Å². The zero-order valence-corrected chi connectivity index (χ0v) is 27.8. The topological polar surface area (TPSA) is 127 Å². The largest absolute Gasteiger partial charge is 0.466 e. The highest BCUT2D eigenvalue weighted by atomic mass is 35.5. The van der Waals surface area contributed by atoms with Crippen molar-refractivity contribution in [2.75, 3.05) is 53.5 Å². The fourth-order valence-corrected chi connectivity index (χ4v) is 6.86. The number of carbonyl (C=O) groups is 3. The highest BCUT2D eigenvalue weighted by molar-refractivity contribution is 7.09. The van der Waals surface area contributed by atoms with E-state index in [1.54, 1.807) is 29.3 Å². The number of dihydropyridines is 1. The summed E-state index contributed by atoms with van der Waals surface area (Å²) >= 11 is 14.9. The average molecular weight is 665 g/mol. The number of hydrogen-bond acceptors (Lipinski definition) is 10. The molecule has 1 aromatic heterocycles. The summed E-state index contributed by atoms with van der Waals surface area (Å²) in [6.07, 6.45) is 2.47. The molecule has 2 aliphatic heterocycles. The van der Waals surface area contributed by atoms with E-state index in [1.807, 2.05) is 5.38 Å². The second-order valence-electron chi connectivity index (χ2n) is 11.6. The van der Waals surface area contributed by atoms with Crippen molar-refractivity contribution in [2.24, 2.45) is 11.1 Å². The van der Waals surface area contributed by atoms with Crippen molar-refractivity contribution in [3.05, 3.63) is 72.9 Å². The first-order chi connectivity index (χ1) is 21.0. The summed E-state index contributed by atoms with van der Waals surface area (Å²) in [5.74, 6) is -2.57. The predicted octanol–water partition coefficient (Wildman–Crippen LogP) is 4.14.